The molecule has 10 heteroatoms. The van der Waals surface area contributed by atoms with E-state index in [9.17, 15) is 23.7 Å². The standard InChI is InChI=1S/C18H11F2N3O3S2/c1-2-22-16-12(20)7-10(19)8-14(16)28-18(22)21-17(24)15-6-9-5-11(23(25)26)3-4-13(9)27-15/h3-8H,2H2,1H3. The van der Waals surface area contributed by atoms with Crippen molar-refractivity contribution in [2.75, 3.05) is 0 Å². The molecule has 0 bridgehead atoms. The zero-order chi connectivity index (χ0) is 20.0. The number of halogens is 2. The number of aryl methyl sites for hydroxylation is 1. The van der Waals surface area contributed by atoms with Gasteiger partial charge in [0, 0.05) is 34.8 Å². The number of nitrogens with zero attached hydrogens (tertiary/aromatic N) is 3. The van der Waals surface area contributed by atoms with Gasteiger partial charge < -0.3 is 4.57 Å². The van der Waals surface area contributed by atoms with Crippen molar-refractivity contribution in [1.29, 1.82) is 0 Å². The summed E-state index contributed by atoms with van der Waals surface area (Å²) in [6.45, 7) is 2.13. The molecule has 0 atom stereocenters. The number of hydrogen-bond donors (Lipinski definition) is 0. The number of amides is 1. The highest BCUT2D eigenvalue weighted by molar-refractivity contribution is 7.21. The fourth-order valence-electron chi connectivity index (χ4n) is 2.90. The molecule has 0 spiro atoms. The average Bonchev–Trinajstić information content (AvgIpc) is 3.21. The van der Waals surface area contributed by atoms with Crippen molar-refractivity contribution in [1.82, 2.24) is 4.57 Å². The molecule has 4 rings (SSSR count). The minimum Gasteiger partial charge on any atom is -0.314 e. The van der Waals surface area contributed by atoms with E-state index >= 15 is 0 Å². The second kappa shape index (κ2) is 6.88. The van der Waals surface area contributed by atoms with Crippen molar-refractivity contribution in [3.05, 3.63) is 67.8 Å². The van der Waals surface area contributed by atoms with Gasteiger partial charge in [-0.2, -0.15) is 4.99 Å². The van der Waals surface area contributed by atoms with Crippen LogP contribution >= 0.6 is 22.7 Å². The number of carbonyl (C=O) groups excluding carboxylic acids is 1. The number of benzene rings is 2. The van der Waals surface area contributed by atoms with E-state index < -0.39 is 22.5 Å². The van der Waals surface area contributed by atoms with Crippen molar-refractivity contribution in [2.45, 2.75) is 13.5 Å². The zero-order valence-electron chi connectivity index (χ0n) is 14.3. The molecule has 6 nitrogen and oxygen atoms in total. The molecule has 0 aliphatic rings. The first-order valence-corrected chi connectivity index (χ1v) is 9.76. The largest absolute Gasteiger partial charge is 0.314 e. The van der Waals surface area contributed by atoms with Crippen LogP contribution in [0.15, 0.2) is 41.4 Å². The first-order valence-electron chi connectivity index (χ1n) is 8.13. The van der Waals surface area contributed by atoms with Crippen molar-refractivity contribution in [2.24, 2.45) is 4.99 Å². The number of non-ortho nitro benzene ring substituents is 1. The van der Waals surface area contributed by atoms with Gasteiger partial charge in [0.2, 0.25) is 0 Å². The lowest BCUT2D eigenvalue weighted by Crippen LogP contribution is -2.16. The van der Waals surface area contributed by atoms with Crippen LogP contribution in [0, 0.1) is 21.7 Å². The van der Waals surface area contributed by atoms with Crippen LogP contribution in [-0.2, 0) is 6.54 Å². The summed E-state index contributed by atoms with van der Waals surface area (Å²) < 4.78 is 30.3. The Balaban J connectivity index is 1.83. The number of carbonyl (C=O) groups is 1. The SMILES string of the molecule is CCn1c(=NC(=O)c2cc3cc([N+](=O)[O-])ccc3s2)sc2cc(F)cc(F)c21. The molecule has 0 fully saturated rings. The van der Waals surface area contributed by atoms with E-state index in [1.807, 2.05) is 0 Å². The zero-order valence-corrected chi connectivity index (χ0v) is 15.9. The molecule has 2 heterocycles. The number of thiophene rings is 1. The maximum Gasteiger partial charge on any atom is 0.289 e. The lowest BCUT2D eigenvalue weighted by atomic mass is 10.2. The minimum atomic E-state index is -0.712. The van der Waals surface area contributed by atoms with Gasteiger partial charge in [-0.25, -0.2) is 8.78 Å². The van der Waals surface area contributed by atoms with Gasteiger partial charge in [-0.1, -0.05) is 11.3 Å². The summed E-state index contributed by atoms with van der Waals surface area (Å²) in [6.07, 6.45) is 0. The van der Waals surface area contributed by atoms with Gasteiger partial charge >= 0.3 is 0 Å². The van der Waals surface area contributed by atoms with Crippen LogP contribution in [0.1, 0.15) is 16.6 Å². The summed E-state index contributed by atoms with van der Waals surface area (Å²) >= 11 is 2.19. The number of thiazole rings is 1. The van der Waals surface area contributed by atoms with E-state index in [0.29, 0.717) is 21.5 Å². The molecule has 0 saturated carbocycles. The summed E-state index contributed by atoms with van der Waals surface area (Å²) in [5.74, 6) is -1.95. The van der Waals surface area contributed by atoms with Gasteiger partial charge in [0.05, 0.1) is 20.0 Å². The van der Waals surface area contributed by atoms with Crippen LogP contribution in [0.4, 0.5) is 14.5 Å². The highest BCUT2D eigenvalue weighted by Crippen LogP contribution is 2.29. The summed E-state index contributed by atoms with van der Waals surface area (Å²) in [6, 6.07) is 7.90. The van der Waals surface area contributed by atoms with Crippen LogP contribution in [-0.4, -0.2) is 15.4 Å². The molecule has 28 heavy (non-hydrogen) atoms. The maximum atomic E-state index is 14.2. The Bertz CT molecular complexity index is 1340. The average molecular weight is 419 g/mol. The highest BCUT2D eigenvalue weighted by atomic mass is 32.1. The topological polar surface area (TPSA) is 77.5 Å². The molecular weight excluding hydrogens is 408 g/mol. The van der Waals surface area contributed by atoms with E-state index in [1.54, 1.807) is 19.1 Å². The Morgan fingerprint density at radius 1 is 1.18 bits per heavy atom. The van der Waals surface area contributed by atoms with Crippen LogP contribution in [0.25, 0.3) is 20.3 Å². The first kappa shape index (κ1) is 18.4. The van der Waals surface area contributed by atoms with Crippen LogP contribution in [0.3, 0.4) is 0 Å². The predicted octanol–water partition coefficient (Wildman–Crippen LogP) is 4.86. The Morgan fingerprint density at radius 3 is 2.68 bits per heavy atom. The quantitative estimate of drug-likeness (QED) is 0.351. The van der Waals surface area contributed by atoms with Crippen molar-refractivity contribution in [3.8, 4) is 0 Å². The number of hydrogen-bond acceptors (Lipinski definition) is 5. The molecule has 1 amide bonds. The van der Waals surface area contributed by atoms with Crippen LogP contribution in [0.5, 0.6) is 0 Å². The Hall–Kier alpha value is -2.98. The number of fused-ring (bicyclic) bond motifs is 2. The van der Waals surface area contributed by atoms with Crippen LogP contribution < -0.4 is 4.80 Å². The smallest absolute Gasteiger partial charge is 0.289 e. The van der Waals surface area contributed by atoms with Gasteiger partial charge in [-0.05, 0) is 25.1 Å². The van der Waals surface area contributed by atoms with Crippen molar-refractivity contribution < 1.29 is 18.5 Å². The van der Waals surface area contributed by atoms with E-state index in [-0.39, 0.29) is 16.0 Å². The molecular formula is C18H11F2N3O3S2. The maximum absolute atomic E-state index is 14.2. The van der Waals surface area contributed by atoms with Crippen molar-refractivity contribution in [3.63, 3.8) is 0 Å². The molecule has 0 radical (unpaired) electrons. The molecule has 142 valence electrons. The third-order valence-corrected chi connectivity index (χ3v) is 6.26. The molecule has 0 aliphatic heterocycles. The van der Waals surface area contributed by atoms with E-state index in [2.05, 4.69) is 4.99 Å². The third kappa shape index (κ3) is 3.10. The van der Waals surface area contributed by atoms with Crippen LogP contribution in [0.2, 0.25) is 0 Å². The second-order valence-corrected chi connectivity index (χ2v) is 7.96. The molecule has 4 aromatic rings. The lowest BCUT2D eigenvalue weighted by Gasteiger charge is -2.01. The van der Waals surface area contributed by atoms with E-state index in [1.165, 1.54) is 34.1 Å². The fourth-order valence-corrected chi connectivity index (χ4v) is 4.96. The van der Waals surface area contributed by atoms with E-state index in [4.69, 9.17) is 0 Å². The summed E-state index contributed by atoms with van der Waals surface area (Å²) in [4.78, 5) is 27.7. The van der Waals surface area contributed by atoms with Crippen molar-refractivity contribution >= 4 is 54.6 Å². The molecule has 0 N–H and O–H groups in total. The minimum absolute atomic E-state index is 0.0629. The fraction of sp³-hybridized carbons (Fsp3) is 0.111. The predicted molar refractivity (Wildman–Crippen MR) is 104 cm³/mol. The molecule has 2 aromatic heterocycles. The number of nitro benzene ring substituents is 1. The molecule has 0 unspecified atom stereocenters. The summed E-state index contributed by atoms with van der Waals surface area (Å²) in [5.41, 5.74) is 0.138. The number of nitro groups is 1. The Morgan fingerprint density at radius 2 is 1.96 bits per heavy atom. The number of rotatable bonds is 3. The Kier molecular flexibility index (Phi) is 4.52. The normalized spacial score (nSPS) is 12.2. The molecule has 0 aliphatic carbocycles. The molecule has 0 saturated heterocycles. The highest BCUT2D eigenvalue weighted by Gasteiger charge is 2.16. The third-order valence-electron chi connectivity index (χ3n) is 4.13. The van der Waals surface area contributed by atoms with Gasteiger partial charge in [-0.15, -0.1) is 11.3 Å². The van der Waals surface area contributed by atoms with E-state index in [0.717, 1.165) is 22.1 Å². The molecule has 2 aromatic carbocycles. The summed E-state index contributed by atoms with van der Waals surface area (Å²) in [5, 5.41) is 11.5. The first-order chi connectivity index (χ1) is 13.4. The van der Waals surface area contributed by atoms with Gasteiger partial charge in [0.25, 0.3) is 11.6 Å². The van der Waals surface area contributed by atoms with Gasteiger partial charge in [-0.3, -0.25) is 14.9 Å². The summed E-state index contributed by atoms with van der Waals surface area (Å²) in [7, 11) is 0. The lowest BCUT2D eigenvalue weighted by molar-refractivity contribution is -0.384. The number of aromatic nitrogens is 1. The Labute approximate surface area is 164 Å². The van der Waals surface area contributed by atoms with Gasteiger partial charge in [0.1, 0.15) is 5.82 Å². The second-order valence-electron chi connectivity index (χ2n) is 5.87. The van der Waals surface area contributed by atoms with Gasteiger partial charge in [0.15, 0.2) is 10.6 Å². The monoisotopic (exact) mass is 419 g/mol.